The molecule has 2 aromatic heterocycles. The van der Waals surface area contributed by atoms with Gasteiger partial charge in [0.25, 0.3) is 0 Å². The number of carbonyl (C=O) groups excluding carboxylic acids is 1. The summed E-state index contributed by atoms with van der Waals surface area (Å²) in [5, 5.41) is 0. The van der Waals surface area contributed by atoms with Crippen LogP contribution in [0.25, 0.3) is 27.9 Å². The smallest absolute Gasteiger partial charge is 0.410 e. The third-order valence-corrected chi connectivity index (χ3v) is 5.75. The van der Waals surface area contributed by atoms with Crippen LogP contribution in [0.2, 0.25) is 0 Å². The molecule has 0 saturated carbocycles. The SMILES string of the molecule is COc1ccc(-c2[nH]c3ccc(C4=CCN(C(=O)OC(C)(C)C)CC4)nc3c2C)cc1OC. The van der Waals surface area contributed by atoms with Crippen LogP contribution in [-0.4, -0.2) is 53.9 Å². The summed E-state index contributed by atoms with van der Waals surface area (Å²) in [4.78, 5) is 22.5. The summed E-state index contributed by atoms with van der Waals surface area (Å²) >= 11 is 0. The minimum absolute atomic E-state index is 0.276. The zero-order chi connectivity index (χ0) is 23.8. The maximum Gasteiger partial charge on any atom is 0.410 e. The molecule has 1 aliphatic heterocycles. The van der Waals surface area contributed by atoms with E-state index in [1.165, 1.54) is 0 Å². The van der Waals surface area contributed by atoms with E-state index in [0.717, 1.165) is 45.5 Å². The fourth-order valence-electron chi connectivity index (χ4n) is 4.05. The second-order valence-corrected chi connectivity index (χ2v) is 9.19. The molecule has 7 heteroatoms. The van der Waals surface area contributed by atoms with Crippen molar-refractivity contribution in [1.29, 1.82) is 0 Å². The molecule has 0 unspecified atom stereocenters. The third kappa shape index (κ3) is 4.67. The number of hydrogen-bond donors (Lipinski definition) is 1. The number of rotatable bonds is 4. The van der Waals surface area contributed by atoms with Gasteiger partial charge >= 0.3 is 6.09 Å². The standard InChI is InChI=1S/C26H31N3O4/c1-16-23(18-7-10-21(31-5)22(15-18)32-6)28-20-9-8-19(27-24(16)20)17-11-13-29(14-12-17)25(30)33-26(2,3)4/h7-11,15,28H,12-14H2,1-6H3. The number of methoxy groups -OCH3 is 2. The van der Waals surface area contributed by atoms with Gasteiger partial charge in [-0.25, -0.2) is 9.78 Å². The molecule has 0 aliphatic carbocycles. The molecule has 3 aromatic rings. The molecule has 1 aromatic carbocycles. The van der Waals surface area contributed by atoms with E-state index in [1.807, 2.05) is 45.0 Å². The minimum Gasteiger partial charge on any atom is -0.493 e. The van der Waals surface area contributed by atoms with E-state index >= 15 is 0 Å². The van der Waals surface area contributed by atoms with Gasteiger partial charge in [0.1, 0.15) is 5.60 Å². The molecule has 7 nitrogen and oxygen atoms in total. The van der Waals surface area contributed by atoms with Crippen molar-refractivity contribution in [2.75, 3.05) is 27.3 Å². The lowest BCUT2D eigenvalue weighted by atomic mass is 10.0. The summed E-state index contributed by atoms with van der Waals surface area (Å²) in [5.74, 6) is 1.38. The largest absolute Gasteiger partial charge is 0.493 e. The number of aromatic nitrogens is 2. The molecule has 1 N–H and O–H groups in total. The molecule has 4 rings (SSSR count). The highest BCUT2D eigenvalue weighted by molar-refractivity contribution is 5.89. The average molecular weight is 450 g/mol. The number of H-pyrrole nitrogens is 1. The molecule has 0 radical (unpaired) electrons. The Bertz CT molecular complexity index is 1220. The van der Waals surface area contributed by atoms with Crippen LogP contribution in [0, 0.1) is 6.92 Å². The molecule has 0 saturated heterocycles. The number of nitrogens with one attached hydrogen (secondary N) is 1. The molecule has 1 amide bonds. The summed E-state index contributed by atoms with van der Waals surface area (Å²) in [6.45, 7) is 8.85. The maximum absolute atomic E-state index is 12.3. The van der Waals surface area contributed by atoms with E-state index in [2.05, 4.69) is 24.1 Å². The van der Waals surface area contributed by atoms with E-state index in [-0.39, 0.29) is 6.09 Å². The van der Waals surface area contributed by atoms with Crippen LogP contribution in [0.15, 0.2) is 36.4 Å². The monoisotopic (exact) mass is 449 g/mol. The molecule has 1 aliphatic rings. The van der Waals surface area contributed by atoms with Gasteiger partial charge in [0, 0.05) is 24.2 Å². The number of pyridine rings is 1. The topological polar surface area (TPSA) is 76.7 Å². The normalized spacial score (nSPS) is 14.2. The summed E-state index contributed by atoms with van der Waals surface area (Å²) in [7, 11) is 3.26. The van der Waals surface area contributed by atoms with Crippen LogP contribution in [0.3, 0.4) is 0 Å². The van der Waals surface area contributed by atoms with Crippen LogP contribution >= 0.6 is 0 Å². The molecule has 33 heavy (non-hydrogen) atoms. The third-order valence-electron chi connectivity index (χ3n) is 5.75. The summed E-state index contributed by atoms with van der Waals surface area (Å²) in [5.41, 5.74) is 6.59. The maximum atomic E-state index is 12.3. The van der Waals surface area contributed by atoms with E-state index in [1.54, 1.807) is 19.1 Å². The Balaban J connectivity index is 1.60. The zero-order valence-electron chi connectivity index (χ0n) is 20.1. The van der Waals surface area contributed by atoms with Gasteiger partial charge in [0.15, 0.2) is 11.5 Å². The van der Waals surface area contributed by atoms with Crippen molar-refractivity contribution in [1.82, 2.24) is 14.9 Å². The predicted molar refractivity (Wildman–Crippen MR) is 130 cm³/mol. The first kappa shape index (κ1) is 22.7. The van der Waals surface area contributed by atoms with Crippen LogP contribution in [0.1, 0.15) is 38.4 Å². The van der Waals surface area contributed by atoms with Crippen molar-refractivity contribution in [3.63, 3.8) is 0 Å². The number of benzene rings is 1. The van der Waals surface area contributed by atoms with Crippen LogP contribution in [-0.2, 0) is 4.74 Å². The molecule has 0 bridgehead atoms. The first-order chi connectivity index (χ1) is 15.7. The number of amides is 1. The quantitative estimate of drug-likeness (QED) is 0.563. The zero-order valence-corrected chi connectivity index (χ0v) is 20.1. The molecule has 0 fully saturated rings. The molecular weight excluding hydrogens is 418 g/mol. The molecule has 0 atom stereocenters. The number of ether oxygens (including phenoxy) is 3. The van der Waals surface area contributed by atoms with E-state index < -0.39 is 5.60 Å². The number of hydrogen-bond acceptors (Lipinski definition) is 5. The van der Waals surface area contributed by atoms with Crippen molar-refractivity contribution in [2.24, 2.45) is 0 Å². The van der Waals surface area contributed by atoms with Gasteiger partial charge in [-0.1, -0.05) is 6.08 Å². The second kappa shape index (κ2) is 8.81. The van der Waals surface area contributed by atoms with Gasteiger partial charge in [0.2, 0.25) is 0 Å². The van der Waals surface area contributed by atoms with Crippen molar-refractivity contribution >= 4 is 22.7 Å². The van der Waals surface area contributed by atoms with Crippen LogP contribution < -0.4 is 9.47 Å². The van der Waals surface area contributed by atoms with Gasteiger partial charge in [0.05, 0.1) is 36.6 Å². The van der Waals surface area contributed by atoms with Crippen molar-refractivity contribution < 1.29 is 19.0 Å². The first-order valence-corrected chi connectivity index (χ1v) is 11.1. The Hall–Kier alpha value is -3.48. The van der Waals surface area contributed by atoms with Crippen molar-refractivity contribution in [2.45, 2.75) is 39.7 Å². The van der Waals surface area contributed by atoms with E-state index in [4.69, 9.17) is 19.2 Å². The fraction of sp³-hybridized carbons (Fsp3) is 0.385. The number of carbonyl (C=O) groups is 1. The Morgan fingerprint density at radius 2 is 1.85 bits per heavy atom. The molecular formula is C26H31N3O4. The highest BCUT2D eigenvalue weighted by Gasteiger charge is 2.24. The lowest BCUT2D eigenvalue weighted by Gasteiger charge is -2.29. The lowest BCUT2D eigenvalue weighted by molar-refractivity contribution is 0.0270. The number of nitrogens with zero attached hydrogens (tertiary/aromatic N) is 2. The van der Waals surface area contributed by atoms with E-state index in [0.29, 0.717) is 24.6 Å². The average Bonchev–Trinajstić information content (AvgIpc) is 3.13. The van der Waals surface area contributed by atoms with Gasteiger partial charge in [-0.2, -0.15) is 0 Å². The first-order valence-electron chi connectivity index (χ1n) is 11.1. The minimum atomic E-state index is -0.495. The van der Waals surface area contributed by atoms with Crippen molar-refractivity contribution in [3.05, 3.63) is 47.7 Å². The second-order valence-electron chi connectivity index (χ2n) is 9.19. The van der Waals surface area contributed by atoms with Gasteiger partial charge in [-0.3, -0.25) is 0 Å². The Morgan fingerprint density at radius 3 is 2.48 bits per heavy atom. The number of aryl methyl sites for hydroxylation is 1. The van der Waals surface area contributed by atoms with E-state index in [9.17, 15) is 4.79 Å². The number of aromatic amines is 1. The summed E-state index contributed by atoms with van der Waals surface area (Å²) in [6, 6.07) is 9.98. The lowest BCUT2D eigenvalue weighted by Crippen LogP contribution is -2.39. The van der Waals surface area contributed by atoms with Gasteiger partial charge < -0.3 is 24.1 Å². The summed E-state index contributed by atoms with van der Waals surface area (Å²) in [6.07, 6.45) is 2.53. The van der Waals surface area contributed by atoms with Crippen LogP contribution in [0.4, 0.5) is 4.79 Å². The Labute approximate surface area is 194 Å². The molecule has 174 valence electrons. The summed E-state index contributed by atoms with van der Waals surface area (Å²) < 4.78 is 16.3. The highest BCUT2D eigenvalue weighted by atomic mass is 16.6. The Morgan fingerprint density at radius 1 is 1.09 bits per heavy atom. The molecule has 0 spiro atoms. The van der Waals surface area contributed by atoms with Crippen molar-refractivity contribution in [3.8, 4) is 22.8 Å². The van der Waals surface area contributed by atoms with Gasteiger partial charge in [-0.15, -0.1) is 0 Å². The predicted octanol–water partition coefficient (Wildman–Crippen LogP) is 5.58. The fourth-order valence-corrected chi connectivity index (χ4v) is 4.05. The Kier molecular flexibility index (Phi) is 6.06. The number of fused-ring (bicyclic) bond motifs is 1. The molecule has 3 heterocycles. The highest BCUT2D eigenvalue weighted by Crippen LogP contribution is 2.35. The van der Waals surface area contributed by atoms with Gasteiger partial charge in [-0.05, 0) is 70.0 Å². The van der Waals surface area contributed by atoms with Crippen LogP contribution in [0.5, 0.6) is 11.5 Å².